The van der Waals surface area contributed by atoms with Crippen LogP contribution in [-0.4, -0.2) is 30.6 Å². The van der Waals surface area contributed by atoms with Gasteiger partial charge in [0.15, 0.2) is 0 Å². The Morgan fingerprint density at radius 2 is 1.85 bits per heavy atom. The Bertz CT molecular complexity index is 1030. The van der Waals surface area contributed by atoms with E-state index in [0.717, 1.165) is 4.31 Å². The molecule has 8 heteroatoms. The molecule has 26 heavy (non-hydrogen) atoms. The molecule has 2 aromatic carbocycles. The lowest BCUT2D eigenvalue weighted by atomic mass is 10.1. The molecule has 0 spiro atoms. The summed E-state index contributed by atoms with van der Waals surface area (Å²) in [6.07, 6.45) is 0. The van der Waals surface area contributed by atoms with Crippen LogP contribution in [0.3, 0.4) is 0 Å². The zero-order valence-electron chi connectivity index (χ0n) is 14.4. The van der Waals surface area contributed by atoms with Crippen LogP contribution in [-0.2, 0) is 10.0 Å². The van der Waals surface area contributed by atoms with Gasteiger partial charge in [0.2, 0.25) is 0 Å². The molecule has 2 aromatic rings. The Balaban J connectivity index is 1.97. The number of amides is 2. The normalized spacial score (nSPS) is 15.3. The van der Waals surface area contributed by atoms with Crippen LogP contribution in [0.4, 0.5) is 10.1 Å². The Morgan fingerprint density at radius 1 is 1.15 bits per heavy atom. The molecule has 0 unspecified atom stereocenters. The number of aryl methyl sites for hydroxylation is 1. The van der Waals surface area contributed by atoms with Crippen LogP contribution < -0.4 is 5.32 Å². The molecule has 1 aliphatic heterocycles. The number of hydrogen-bond acceptors (Lipinski definition) is 4. The van der Waals surface area contributed by atoms with Crippen LogP contribution >= 0.6 is 0 Å². The third-order valence-electron chi connectivity index (χ3n) is 4.12. The molecule has 6 nitrogen and oxygen atoms in total. The molecule has 0 saturated heterocycles. The van der Waals surface area contributed by atoms with Crippen LogP contribution in [0, 0.1) is 12.7 Å². The van der Waals surface area contributed by atoms with Crippen LogP contribution in [0.25, 0.3) is 0 Å². The van der Waals surface area contributed by atoms with E-state index in [1.165, 1.54) is 36.4 Å². The molecule has 1 heterocycles. The minimum Gasteiger partial charge on any atom is -0.322 e. The minimum atomic E-state index is -3.98. The van der Waals surface area contributed by atoms with E-state index < -0.39 is 33.7 Å². The Morgan fingerprint density at radius 3 is 2.46 bits per heavy atom. The molecule has 0 radical (unpaired) electrons. The summed E-state index contributed by atoms with van der Waals surface area (Å²) in [5, 5.41) is 2.62. The zero-order chi connectivity index (χ0) is 19.2. The quantitative estimate of drug-likeness (QED) is 0.893. The van der Waals surface area contributed by atoms with Crippen molar-refractivity contribution >= 4 is 27.5 Å². The first-order valence-electron chi connectivity index (χ1n) is 7.93. The van der Waals surface area contributed by atoms with E-state index in [0.29, 0.717) is 11.3 Å². The molecule has 3 rings (SSSR count). The molecule has 2 amide bonds. The Kier molecular flexibility index (Phi) is 4.31. The summed E-state index contributed by atoms with van der Waals surface area (Å²) in [4.78, 5) is 24.6. The fraction of sp³-hybridized carbons (Fsp3) is 0.222. The van der Waals surface area contributed by atoms with Crippen LogP contribution in [0.5, 0.6) is 0 Å². The first-order valence-corrected chi connectivity index (χ1v) is 9.37. The third kappa shape index (κ3) is 2.86. The molecular formula is C18H17FN2O4S. The number of benzene rings is 2. The molecule has 1 aliphatic rings. The number of sulfonamides is 1. The van der Waals surface area contributed by atoms with Gasteiger partial charge in [-0.2, -0.15) is 0 Å². The maximum atomic E-state index is 13.2. The van der Waals surface area contributed by atoms with Crippen LogP contribution in [0.1, 0.15) is 40.1 Å². The molecule has 0 aromatic heterocycles. The average Bonchev–Trinajstić information content (AvgIpc) is 2.76. The summed E-state index contributed by atoms with van der Waals surface area (Å²) in [7, 11) is -3.98. The van der Waals surface area contributed by atoms with E-state index in [2.05, 4.69) is 5.32 Å². The van der Waals surface area contributed by atoms with Crippen molar-refractivity contribution in [3.63, 3.8) is 0 Å². The van der Waals surface area contributed by atoms with E-state index in [1.807, 2.05) is 0 Å². The highest BCUT2D eigenvalue weighted by molar-refractivity contribution is 7.90. The van der Waals surface area contributed by atoms with Gasteiger partial charge in [-0.3, -0.25) is 9.59 Å². The number of hydrogen-bond donors (Lipinski definition) is 1. The largest absolute Gasteiger partial charge is 0.322 e. The van der Waals surface area contributed by atoms with Crippen molar-refractivity contribution in [2.24, 2.45) is 0 Å². The highest BCUT2D eigenvalue weighted by Gasteiger charge is 2.42. The van der Waals surface area contributed by atoms with E-state index in [9.17, 15) is 22.4 Å². The van der Waals surface area contributed by atoms with Crippen molar-refractivity contribution in [3.05, 3.63) is 58.9 Å². The first-order chi connectivity index (χ1) is 12.1. The zero-order valence-corrected chi connectivity index (χ0v) is 15.2. The fourth-order valence-corrected chi connectivity index (χ4v) is 4.65. The average molecular weight is 376 g/mol. The van der Waals surface area contributed by atoms with Gasteiger partial charge in [0.25, 0.3) is 21.8 Å². The maximum absolute atomic E-state index is 13.2. The number of halogens is 1. The summed E-state index contributed by atoms with van der Waals surface area (Å²) in [5.41, 5.74) is 1.09. The second-order valence-electron chi connectivity index (χ2n) is 6.32. The van der Waals surface area contributed by atoms with Gasteiger partial charge >= 0.3 is 0 Å². The predicted molar refractivity (Wildman–Crippen MR) is 94.0 cm³/mol. The van der Waals surface area contributed by atoms with Crippen LogP contribution in [0.15, 0.2) is 41.3 Å². The smallest absolute Gasteiger partial charge is 0.269 e. The highest BCUT2D eigenvalue weighted by atomic mass is 32.2. The number of nitrogens with zero attached hydrogens (tertiary/aromatic N) is 1. The van der Waals surface area contributed by atoms with Gasteiger partial charge in [-0.15, -0.1) is 0 Å². The number of carbonyl (C=O) groups is 2. The molecule has 0 fully saturated rings. The summed E-state index contributed by atoms with van der Waals surface area (Å²) in [6, 6.07) is 7.32. The summed E-state index contributed by atoms with van der Waals surface area (Å²) in [5.74, 6) is -1.57. The molecule has 0 bridgehead atoms. The topological polar surface area (TPSA) is 83.6 Å². The lowest BCUT2D eigenvalue weighted by molar-refractivity contribution is 0.0846. The SMILES string of the molecule is Cc1cc(F)ccc1NC(=O)c1ccc2c(c1)S(=O)(=O)N(C(C)C)C2=O. The van der Waals surface area contributed by atoms with Crippen LogP contribution in [0.2, 0.25) is 0 Å². The maximum Gasteiger partial charge on any atom is 0.269 e. The lowest BCUT2D eigenvalue weighted by Gasteiger charge is -2.18. The lowest BCUT2D eigenvalue weighted by Crippen LogP contribution is -2.36. The molecular weight excluding hydrogens is 359 g/mol. The van der Waals surface area contributed by atoms with Gasteiger partial charge < -0.3 is 5.32 Å². The van der Waals surface area contributed by atoms with E-state index >= 15 is 0 Å². The monoisotopic (exact) mass is 376 g/mol. The summed E-state index contributed by atoms with van der Waals surface area (Å²) >= 11 is 0. The molecule has 136 valence electrons. The van der Waals surface area contributed by atoms with Gasteiger partial charge in [0, 0.05) is 17.3 Å². The second-order valence-corrected chi connectivity index (χ2v) is 8.11. The van der Waals surface area contributed by atoms with E-state index in [4.69, 9.17) is 0 Å². The van der Waals surface area contributed by atoms with Gasteiger partial charge in [-0.25, -0.2) is 17.1 Å². The number of rotatable bonds is 3. The number of carbonyl (C=O) groups excluding carboxylic acids is 2. The van der Waals surface area contributed by atoms with Crippen molar-refractivity contribution in [1.29, 1.82) is 0 Å². The van der Waals surface area contributed by atoms with Crippen molar-refractivity contribution in [2.45, 2.75) is 31.7 Å². The third-order valence-corrected chi connectivity index (χ3v) is 6.12. The number of fused-ring (bicyclic) bond motifs is 1. The Hall–Kier alpha value is -2.74. The van der Waals surface area contributed by atoms with Gasteiger partial charge in [0.05, 0.1) is 5.56 Å². The van der Waals surface area contributed by atoms with Crippen molar-refractivity contribution in [2.75, 3.05) is 5.32 Å². The van der Waals surface area contributed by atoms with Crippen molar-refractivity contribution in [1.82, 2.24) is 4.31 Å². The second kappa shape index (κ2) is 6.21. The summed E-state index contributed by atoms with van der Waals surface area (Å²) in [6.45, 7) is 4.85. The standard InChI is InChI=1S/C18H17FN2O4S/c1-10(2)21-18(23)14-6-4-12(9-16(14)26(21,24)25)17(22)20-15-7-5-13(19)8-11(15)3/h4-10H,1-3H3,(H,20,22). The molecule has 0 saturated carbocycles. The van der Waals surface area contributed by atoms with E-state index in [-0.39, 0.29) is 16.0 Å². The van der Waals surface area contributed by atoms with Gasteiger partial charge in [-0.1, -0.05) is 0 Å². The first kappa shape index (κ1) is 18.1. The van der Waals surface area contributed by atoms with Gasteiger partial charge in [-0.05, 0) is 62.7 Å². The fourth-order valence-electron chi connectivity index (χ4n) is 2.86. The number of anilines is 1. The van der Waals surface area contributed by atoms with Crippen molar-refractivity contribution in [3.8, 4) is 0 Å². The highest BCUT2D eigenvalue weighted by Crippen LogP contribution is 2.32. The van der Waals surface area contributed by atoms with E-state index in [1.54, 1.807) is 20.8 Å². The number of nitrogens with one attached hydrogen (secondary N) is 1. The summed E-state index contributed by atoms with van der Waals surface area (Å²) < 4.78 is 39.2. The predicted octanol–water partition coefficient (Wildman–Crippen LogP) is 2.94. The van der Waals surface area contributed by atoms with Crippen molar-refractivity contribution < 1.29 is 22.4 Å². The van der Waals surface area contributed by atoms with Gasteiger partial charge in [0.1, 0.15) is 10.7 Å². The Labute approximate surface area is 150 Å². The molecule has 0 atom stereocenters. The molecule has 0 aliphatic carbocycles. The minimum absolute atomic E-state index is 0.0493. The molecule has 1 N–H and O–H groups in total.